The molecule has 342 valence electrons. The van der Waals surface area contributed by atoms with Gasteiger partial charge in [0, 0.05) is 12.8 Å². The average molecular weight is 832 g/mol. The molecule has 0 aliphatic carbocycles. The van der Waals surface area contributed by atoms with Crippen molar-refractivity contribution in [3.63, 3.8) is 0 Å². The molecule has 0 aromatic heterocycles. The topological polar surface area (TPSA) is 111 Å². The lowest BCUT2D eigenvalue weighted by Gasteiger charge is -2.26. The second-order valence-electron chi connectivity index (χ2n) is 17.0. The first-order chi connectivity index (χ1) is 28.6. The summed E-state index contributed by atoms with van der Waals surface area (Å²) in [6.07, 6.45) is 45.7. The number of hydrogen-bond donors (Lipinski definition) is 0. The van der Waals surface area contributed by atoms with Crippen LogP contribution in [0.25, 0.3) is 0 Å². The Morgan fingerprint density at radius 1 is 0.508 bits per heavy atom. The fraction of sp³-hybridized carbons (Fsp3) is 0.780. The minimum Gasteiger partial charge on any atom is -0.545 e. The molecule has 0 amide bonds. The number of rotatable bonds is 43. The van der Waals surface area contributed by atoms with Crippen molar-refractivity contribution in [1.82, 2.24) is 0 Å². The predicted molar refractivity (Wildman–Crippen MR) is 242 cm³/mol. The Bertz CT molecular complexity index is 1110. The molecule has 0 spiro atoms. The molecule has 0 aromatic rings. The molecule has 0 aliphatic heterocycles. The summed E-state index contributed by atoms with van der Waals surface area (Å²) in [5.74, 6) is -2.32. The zero-order valence-corrected chi connectivity index (χ0v) is 38.6. The number of esters is 2. The van der Waals surface area contributed by atoms with Crippen LogP contribution in [0.2, 0.25) is 0 Å². The Balaban J connectivity index is 4.43. The number of allylic oxidation sites excluding steroid dienone is 8. The number of nitrogens with zero attached hydrogens (tertiary/aromatic N) is 1. The molecule has 59 heavy (non-hydrogen) atoms. The van der Waals surface area contributed by atoms with Crippen LogP contribution in [0.5, 0.6) is 0 Å². The van der Waals surface area contributed by atoms with E-state index < -0.39 is 24.3 Å². The first kappa shape index (κ1) is 56.2. The van der Waals surface area contributed by atoms with E-state index in [0.717, 1.165) is 89.9 Å². The van der Waals surface area contributed by atoms with Crippen molar-refractivity contribution in [2.45, 2.75) is 206 Å². The van der Waals surface area contributed by atoms with Gasteiger partial charge < -0.3 is 33.3 Å². The van der Waals surface area contributed by atoms with Crippen molar-refractivity contribution < 1.29 is 42.9 Å². The highest BCUT2D eigenvalue weighted by molar-refractivity contribution is 5.70. The van der Waals surface area contributed by atoms with Crippen LogP contribution in [0.1, 0.15) is 194 Å². The number of carboxylic acids is 1. The molecule has 0 saturated carbocycles. The third kappa shape index (κ3) is 43.2. The van der Waals surface area contributed by atoms with Crippen LogP contribution in [-0.2, 0) is 33.3 Å². The van der Waals surface area contributed by atoms with E-state index in [2.05, 4.69) is 62.5 Å². The lowest BCUT2D eigenvalue weighted by Crippen LogP contribution is -2.44. The maximum absolute atomic E-state index is 12.8. The number of quaternary nitrogens is 1. The Hall–Kier alpha value is -2.75. The van der Waals surface area contributed by atoms with Crippen molar-refractivity contribution in [1.29, 1.82) is 0 Å². The maximum Gasteiger partial charge on any atom is 0.306 e. The van der Waals surface area contributed by atoms with Crippen molar-refractivity contribution in [2.24, 2.45) is 0 Å². The van der Waals surface area contributed by atoms with Crippen LogP contribution in [0.3, 0.4) is 0 Å². The number of aliphatic carboxylic acids is 1. The molecule has 0 fully saturated rings. The number of ether oxygens (including phenoxy) is 4. The fourth-order valence-corrected chi connectivity index (χ4v) is 6.30. The van der Waals surface area contributed by atoms with Crippen LogP contribution in [-0.4, -0.2) is 82.3 Å². The number of carbonyl (C=O) groups excluding carboxylic acids is 3. The van der Waals surface area contributed by atoms with E-state index in [1.54, 1.807) is 0 Å². The number of likely N-dealkylation sites (N-methyl/N-ethyl adjacent to an activating group) is 1. The molecule has 9 heteroatoms. The van der Waals surface area contributed by atoms with E-state index in [0.29, 0.717) is 17.4 Å². The van der Waals surface area contributed by atoms with Gasteiger partial charge in [-0.1, -0.05) is 152 Å². The van der Waals surface area contributed by atoms with Crippen molar-refractivity contribution in [2.75, 3.05) is 47.5 Å². The molecule has 0 aromatic carbocycles. The normalized spacial score (nSPS) is 13.3. The third-order valence-electron chi connectivity index (χ3n) is 10.0. The van der Waals surface area contributed by atoms with Crippen LogP contribution < -0.4 is 5.11 Å². The number of unbranched alkanes of at least 4 members (excludes halogenated alkanes) is 20. The number of hydrogen-bond acceptors (Lipinski definition) is 8. The van der Waals surface area contributed by atoms with E-state index in [9.17, 15) is 19.5 Å². The highest BCUT2D eigenvalue weighted by Crippen LogP contribution is 2.13. The summed E-state index contributed by atoms with van der Waals surface area (Å²) in [5, 5.41) is 11.7. The minimum atomic E-state index is -1.63. The summed E-state index contributed by atoms with van der Waals surface area (Å²) in [4.78, 5) is 37.0. The monoisotopic (exact) mass is 832 g/mol. The Morgan fingerprint density at radius 2 is 0.915 bits per heavy atom. The maximum atomic E-state index is 12.8. The minimum absolute atomic E-state index is 0.142. The molecule has 0 radical (unpaired) electrons. The van der Waals surface area contributed by atoms with E-state index in [-0.39, 0.29) is 38.6 Å². The molecular weight excluding hydrogens is 743 g/mol. The Kier molecular flexibility index (Phi) is 40.0. The summed E-state index contributed by atoms with van der Waals surface area (Å²) >= 11 is 0. The molecule has 0 rings (SSSR count). The van der Waals surface area contributed by atoms with Gasteiger partial charge in [-0.25, -0.2) is 0 Å². The van der Waals surface area contributed by atoms with E-state index in [1.807, 2.05) is 21.1 Å². The van der Waals surface area contributed by atoms with Crippen molar-refractivity contribution in [3.8, 4) is 0 Å². The van der Waals surface area contributed by atoms with Gasteiger partial charge in [0.15, 0.2) is 12.4 Å². The summed E-state index contributed by atoms with van der Waals surface area (Å²) in [7, 11) is 5.90. The Labute approximate surface area is 362 Å². The fourth-order valence-electron chi connectivity index (χ4n) is 6.30. The molecule has 0 saturated heterocycles. The van der Waals surface area contributed by atoms with Gasteiger partial charge in [0.1, 0.15) is 13.2 Å². The molecule has 9 nitrogen and oxygen atoms in total. The summed E-state index contributed by atoms with van der Waals surface area (Å²) < 4.78 is 22.5. The quantitative estimate of drug-likeness (QED) is 0.0196. The Morgan fingerprint density at radius 3 is 1.39 bits per heavy atom. The lowest BCUT2D eigenvalue weighted by molar-refractivity contribution is -0.870. The average Bonchev–Trinajstić information content (AvgIpc) is 3.19. The summed E-state index contributed by atoms with van der Waals surface area (Å²) in [6.45, 7) is 4.68. The van der Waals surface area contributed by atoms with Gasteiger partial charge in [-0.15, -0.1) is 0 Å². The van der Waals surface area contributed by atoms with Gasteiger partial charge in [0.25, 0.3) is 0 Å². The zero-order chi connectivity index (χ0) is 43.5. The smallest absolute Gasteiger partial charge is 0.306 e. The zero-order valence-electron chi connectivity index (χ0n) is 38.6. The first-order valence-corrected chi connectivity index (χ1v) is 23.8. The van der Waals surface area contributed by atoms with Crippen LogP contribution in [0, 0.1) is 0 Å². The van der Waals surface area contributed by atoms with E-state index in [4.69, 9.17) is 18.9 Å². The molecule has 2 unspecified atom stereocenters. The number of carboxylic acid groups (broad SMARTS) is 1. The molecular formula is C50H89NO8. The third-order valence-corrected chi connectivity index (χ3v) is 10.0. The van der Waals surface area contributed by atoms with Crippen LogP contribution in [0.4, 0.5) is 0 Å². The van der Waals surface area contributed by atoms with Crippen molar-refractivity contribution in [3.05, 3.63) is 48.6 Å². The van der Waals surface area contributed by atoms with Gasteiger partial charge in [0.05, 0.1) is 40.3 Å². The molecule has 2 atom stereocenters. The second kappa shape index (κ2) is 42.0. The molecule has 0 N–H and O–H groups in total. The molecule has 0 aliphatic rings. The second-order valence-corrected chi connectivity index (χ2v) is 17.0. The highest BCUT2D eigenvalue weighted by Gasteiger charge is 2.21. The van der Waals surface area contributed by atoms with Gasteiger partial charge in [-0.2, -0.15) is 0 Å². The highest BCUT2D eigenvalue weighted by atomic mass is 16.7. The molecule has 0 heterocycles. The van der Waals surface area contributed by atoms with Crippen LogP contribution >= 0.6 is 0 Å². The standard InChI is InChI=1S/C50H89NO8/c1-6-8-10-12-14-16-18-20-21-22-23-24-25-26-27-29-31-33-35-37-39-41-48(53)59-46(45-58-50(49(54)55)56-43-42-51(3,4)5)44-57-47(52)40-38-36-34-32-30-28-19-17-15-13-11-9-7-2/h17-20,22-23,25-26,46,50H,6-16,21,24,27-45H2,1-5H3/b19-17-,20-18-,23-22-,26-25-. The summed E-state index contributed by atoms with van der Waals surface area (Å²) in [6, 6.07) is 0. The van der Waals surface area contributed by atoms with Gasteiger partial charge in [-0.05, 0) is 77.0 Å². The van der Waals surface area contributed by atoms with Gasteiger partial charge in [0.2, 0.25) is 0 Å². The van der Waals surface area contributed by atoms with Crippen LogP contribution in [0.15, 0.2) is 48.6 Å². The lowest BCUT2D eigenvalue weighted by atomic mass is 10.1. The van der Waals surface area contributed by atoms with E-state index in [1.165, 1.54) is 70.6 Å². The van der Waals surface area contributed by atoms with E-state index >= 15 is 0 Å². The predicted octanol–water partition coefficient (Wildman–Crippen LogP) is 11.4. The van der Waals surface area contributed by atoms with Gasteiger partial charge in [-0.3, -0.25) is 9.59 Å². The number of carbonyl (C=O) groups is 3. The summed E-state index contributed by atoms with van der Waals surface area (Å²) in [5.41, 5.74) is 0. The van der Waals surface area contributed by atoms with Gasteiger partial charge >= 0.3 is 11.9 Å². The SMILES string of the molecule is CCCCCC/C=C\CCCCCCCC(=O)OCC(COC(OCC[N+](C)(C)C)C(=O)[O-])OC(=O)CCCCCCCC/C=C\C/C=C\C/C=C\CCCCCCC. The molecule has 0 bridgehead atoms. The van der Waals surface area contributed by atoms with Crippen molar-refractivity contribution >= 4 is 17.9 Å². The largest absolute Gasteiger partial charge is 0.545 e. The first-order valence-electron chi connectivity index (χ1n) is 23.8.